The molecule has 0 saturated heterocycles. The molecule has 0 saturated carbocycles. The van der Waals surface area contributed by atoms with Crippen molar-refractivity contribution in [3.8, 4) is 0 Å². The molecule has 0 aromatic heterocycles. The second-order valence-electron chi connectivity index (χ2n) is 3.79. The molecule has 14 heavy (non-hydrogen) atoms. The van der Waals surface area contributed by atoms with E-state index in [0.29, 0.717) is 18.3 Å². The Balaban J connectivity index is 3.15. The van der Waals surface area contributed by atoms with Crippen molar-refractivity contribution in [1.29, 1.82) is 0 Å². The van der Waals surface area contributed by atoms with Crippen LogP contribution in [0.3, 0.4) is 0 Å². The number of hydrogen-bond donors (Lipinski definition) is 1. The lowest BCUT2D eigenvalue weighted by Crippen LogP contribution is -2.22. The van der Waals surface area contributed by atoms with Crippen molar-refractivity contribution in [1.82, 2.24) is 5.32 Å². The van der Waals surface area contributed by atoms with Gasteiger partial charge in [-0.15, -0.1) is 0 Å². The summed E-state index contributed by atoms with van der Waals surface area (Å²) in [6.07, 6.45) is 0.989. The Kier molecular flexibility index (Phi) is 9.67. The summed E-state index contributed by atoms with van der Waals surface area (Å²) in [6.45, 7) is 6.99. The molecule has 0 rings (SSSR count). The molecule has 0 spiro atoms. The summed E-state index contributed by atoms with van der Waals surface area (Å²) >= 11 is 0. The van der Waals surface area contributed by atoms with Crippen molar-refractivity contribution < 1.29 is 8.95 Å². The first-order valence-corrected chi connectivity index (χ1v) is 6.70. The van der Waals surface area contributed by atoms with Crippen LogP contribution in [0.15, 0.2) is 0 Å². The van der Waals surface area contributed by atoms with E-state index in [1.165, 1.54) is 0 Å². The highest BCUT2D eigenvalue weighted by molar-refractivity contribution is 7.84. The molecule has 1 unspecified atom stereocenters. The molecule has 4 heteroatoms. The molecule has 0 radical (unpaired) electrons. The average molecular weight is 221 g/mol. The van der Waals surface area contributed by atoms with E-state index >= 15 is 0 Å². The van der Waals surface area contributed by atoms with Crippen molar-refractivity contribution >= 4 is 10.8 Å². The minimum atomic E-state index is -0.699. The summed E-state index contributed by atoms with van der Waals surface area (Å²) in [5.41, 5.74) is 0. The van der Waals surface area contributed by atoms with Gasteiger partial charge < -0.3 is 10.1 Å². The normalized spacial score (nSPS) is 13.4. The maximum absolute atomic E-state index is 11.3. The van der Waals surface area contributed by atoms with Gasteiger partial charge in [0.1, 0.15) is 0 Å². The van der Waals surface area contributed by atoms with E-state index in [-0.39, 0.29) is 0 Å². The Morgan fingerprint density at radius 1 is 1.36 bits per heavy atom. The van der Waals surface area contributed by atoms with Crippen LogP contribution >= 0.6 is 0 Å². The van der Waals surface area contributed by atoms with Gasteiger partial charge in [-0.25, -0.2) is 0 Å². The molecule has 0 aromatic carbocycles. The summed E-state index contributed by atoms with van der Waals surface area (Å²) in [4.78, 5) is 0. The van der Waals surface area contributed by atoms with Crippen molar-refractivity contribution in [3.63, 3.8) is 0 Å². The SMILES string of the molecule is COCCS(=O)CCCNCC(C)C. The summed E-state index contributed by atoms with van der Waals surface area (Å²) in [7, 11) is 0.941. The predicted octanol–water partition coefficient (Wildman–Crippen LogP) is 1.02. The van der Waals surface area contributed by atoms with Crippen LogP contribution < -0.4 is 5.32 Å². The van der Waals surface area contributed by atoms with Gasteiger partial charge in [-0.1, -0.05) is 13.8 Å². The molecular formula is C10H23NO2S. The summed E-state index contributed by atoms with van der Waals surface area (Å²) in [5, 5.41) is 3.33. The number of hydrogen-bond acceptors (Lipinski definition) is 3. The van der Waals surface area contributed by atoms with Crippen molar-refractivity contribution in [3.05, 3.63) is 0 Å². The molecule has 0 aromatic rings. The minimum absolute atomic E-state index is 0.603. The highest BCUT2D eigenvalue weighted by atomic mass is 32.2. The zero-order valence-corrected chi connectivity index (χ0v) is 10.4. The van der Waals surface area contributed by atoms with Gasteiger partial charge >= 0.3 is 0 Å². The maximum Gasteiger partial charge on any atom is 0.0577 e. The van der Waals surface area contributed by atoms with Gasteiger partial charge in [-0.2, -0.15) is 0 Å². The third-order valence-corrected chi connectivity index (χ3v) is 3.16. The van der Waals surface area contributed by atoms with E-state index in [1.807, 2.05) is 0 Å². The fraction of sp³-hybridized carbons (Fsp3) is 1.00. The molecule has 3 nitrogen and oxygen atoms in total. The standard InChI is InChI=1S/C10H23NO2S/c1-10(2)9-11-5-4-7-14(12)8-6-13-3/h10-11H,4-9H2,1-3H3. The zero-order valence-electron chi connectivity index (χ0n) is 9.54. The Hall–Kier alpha value is 0.0700. The lowest BCUT2D eigenvalue weighted by molar-refractivity contribution is 0.218. The van der Waals surface area contributed by atoms with E-state index in [0.717, 1.165) is 25.3 Å². The molecule has 0 aliphatic heterocycles. The maximum atomic E-state index is 11.3. The van der Waals surface area contributed by atoms with Crippen LogP contribution in [0.5, 0.6) is 0 Å². The molecular weight excluding hydrogens is 198 g/mol. The first kappa shape index (κ1) is 14.1. The van der Waals surface area contributed by atoms with Gasteiger partial charge in [-0.3, -0.25) is 4.21 Å². The smallest absolute Gasteiger partial charge is 0.0577 e. The van der Waals surface area contributed by atoms with Crippen molar-refractivity contribution in [2.24, 2.45) is 5.92 Å². The van der Waals surface area contributed by atoms with Crippen molar-refractivity contribution in [2.75, 3.05) is 38.3 Å². The fourth-order valence-electron chi connectivity index (χ4n) is 1.03. The van der Waals surface area contributed by atoms with E-state index < -0.39 is 10.8 Å². The van der Waals surface area contributed by atoms with Crippen LogP contribution in [0.2, 0.25) is 0 Å². The van der Waals surface area contributed by atoms with Crippen LogP contribution in [0.4, 0.5) is 0 Å². The summed E-state index contributed by atoms with van der Waals surface area (Å²) in [6, 6.07) is 0. The van der Waals surface area contributed by atoms with Crippen LogP contribution in [-0.2, 0) is 15.5 Å². The highest BCUT2D eigenvalue weighted by Crippen LogP contribution is 1.90. The van der Waals surface area contributed by atoms with Gasteiger partial charge in [0.2, 0.25) is 0 Å². The Bertz CT molecular complexity index is 151. The van der Waals surface area contributed by atoms with Crippen LogP contribution in [0.1, 0.15) is 20.3 Å². The van der Waals surface area contributed by atoms with E-state index in [2.05, 4.69) is 19.2 Å². The van der Waals surface area contributed by atoms with Gasteiger partial charge in [-0.05, 0) is 25.4 Å². The van der Waals surface area contributed by atoms with Crippen LogP contribution in [0.25, 0.3) is 0 Å². The van der Waals surface area contributed by atoms with Gasteiger partial charge in [0, 0.05) is 29.4 Å². The molecule has 0 aliphatic rings. The monoisotopic (exact) mass is 221 g/mol. The topological polar surface area (TPSA) is 38.3 Å². The molecule has 0 heterocycles. The molecule has 1 atom stereocenters. The number of methoxy groups -OCH3 is 1. The summed E-state index contributed by atoms with van der Waals surface area (Å²) in [5.74, 6) is 2.14. The molecule has 0 aliphatic carbocycles. The first-order valence-electron chi connectivity index (χ1n) is 5.21. The first-order chi connectivity index (χ1) is 6.66. The molecule has 0 bridgehead atoms. The molecule has 0 fully saturated rings. The lowest BCUT2D eigenvalue weighted by Gasteiger charge is -2.06. The quantitative estimate of drug-likeness (QED) is 0.591. The number of ether oxygens (including phenoxy) is 1. The molecule has 0 amide bonds. The largest absolute Gasteiger partial charge is 0.384 e. The lowest BCUT2D eigenvalue weighted by atomic mass is 10.2. The second kappa shape index (κ2) is 9.62. The minimum Gasteiger partial charge on any atom is -0.384 e. The third kappa shape index (κ3) is 10.2. The van der Waals surface area contributed by atoms with E-state index in [1.54, 1.807) is 7.11 Å². The summed E-state index contributed by atoms with van der Waals surface area (Å²) < 4.78 is 16.2. The number of rotatable bonds is 9. The fourth-order valence-corrected chi connectivity index (χ4v) is 2.05. The highest BCUT2D eigenvalue weighted by Gasteiger charge is 1.99. The van der Waals surface area contributed by atoms with Gasteiger partial charge in [0.15, 0.2) is 0 Å². The molecule has 1 N–H and O–H groups in total. The van der Waals surface area contributed by atoms with Crippen LogP contribution in [0, 0.1) is 5.92 Å². The second-order valence-corrected chi connectivity index (χ2v) is 5.49. The third-order valence-electron chi connectivity index (χ3n) is 1.79. The predicted molar refractivity (Wildman–Crippen MR) is 62.1 cm³/mol. The Morgan fingerprint density at radius 2 is 2.07 bits per heavy atom. The van der Waals surface area contributed by atoms with E-state index in [9.17, 15) is 4.21 Å². The van der Waals surface area contributed by atoms with Gasteiger partial charge in [0.25, 0.3) is 0 Å². The number of nitrogens with one attached hydrogen (secondary N) is 1. The van der Waals surface area contributed by atoms with Crippen molar-refractivity contribution in [2.45, 2.75) is 20.3 Å². The zero-order chi connectivity index (χ0) is 10.8. The average Bonchev–Trinajstić information content (AvgIpc) is 2.13. The van der Waals surface area contributed by atoms with Gasteiger partial charge in [0.05, 0.1) is 6.61 Å². The molecule has 86 valence electrons. The van der Waals surface area contributed by atoms with E-state index in [4.69, 9.17) is 4.74 Å². The Labute approximate surface area is 90.1 Å². The Morgan fingerprint density at radius 3 is 2.64 bits per heavy atom. The van der Waals surface area contributed by atoms with Crippen LogP contribution in [-0.4, -0.2) is 42.5 Å².